The summed E-state index contributed by atoms with van der Waals surface area (Å²) in [4.78, 5) is 21.2. The first-order valence-corrected chi connectivity index (χ1v) is 5.16. The van der Waals surface area contributed by atoms with Crippen LogP contribution in [0.4, 0.5) is 0 Å². The first kappa shape index (κ1) is 13.6. The van der Waals surface area contributed by atoms with Gasteiger partial charge in [-0.15, -0.1) is 0 Å². The highest BCUT2D eigenvalue weighted by Crippen LogP contribution is 2.26. The Bertz CT molecular complexity index is 432. The van der Waals surface area contributed by atoms with E-state index in [1.807, 2.05) is 0 Å². The Hall–Kier alpha value is -1.43. The smallest absolute Gasteiger partial charge is 0.306 e. The fraction of sp³-hybridized carbons (Fsp3) is 0.273. The lowest BCUT2D eigenvalue weighted by molar-refractivity contribution is -0.141. The molecule has 0 amide bonds. The van der Waals surface area contributed by atoms with E-state index in [-0.39, 0.29) is 16.1 Å². The molecule has 0 aliphatic heterocycles. The van der Waals surface area contributed by atoms with Crippen molar-refractivity contribution in [3.05, 3.63) is 34.3 Å². The van der Waals surface area contributed by atoms with Crippen LogP contribution in [0.25, 0.3) is 0 Å². The van der Waals surface area contributed by atoms with Crippen molar-refractivity contribution < 1.29 is 24.9 Å². The summed E-state index contributed by atoms with van der Waals surface area (Å²) in [5.41, 5.74) is 0.160. The number of aliphatic hydroxyl groups is 2. The van der Waals surface area contributed by atoms with Crippen LogP contribution in [0.1, 0.15) is 28.4 Å². The molecule has 17 heavy (non-hydrogen) atoms. The number of carbonyl (C=O) groups is 2. The fourth-order valence-electron chi connectivity index (χ4n) is 1.43. The highest BCUT2D eigenvalue weighted by atomic mass is 35.5. The van der Waals surface area contributed by atoms with Gasteiger partial charge in [0, 0.05) is 5.56 Å². The Balaban J connectivity index is 3.03. The summed E-state index contributed by atoms with van der Waals surface area (Å²) < 4.78 is 0. The average molecular weight is 259 g/mol. The van der Waals surface area contributed by atoms with E-state index in [0.717, 1.165) is 0 Å². The Morgan fingerprint density at radius 1 is 1.41 bits per heavy atom. The average Bonchev–Trinajstić information content (AvgIpc) is 2.26. The van der Waals surface area contributed by atoms with Gasteiger partial charge in [0.25, 0.3) is 0 Å². The first-order valence-electron chi connectivity index (χ1n) is 4.79. The zero-order valence-corrected chi connectivity index (χ0v) is 9.46. The lowest BCUT2D eigenvalue weighted by atomic mass is 9.97. The predicted molar refractivity (Wildman–Crippen MR) is 60.1 cm³/mol. The highest BCUT2D eigenvalue weighted by Gasteiger charge is 2.24. The minimum absolute atomic E-state index is 0.0473. The normalized spacial score (nSPS) is 14.1. The monoisotopic (exact) mass is 258 g/mol. The van der Waals surface area contributed by atoms with E-state index in [0.29, 0.717) is 6.29 Å². The van der Waals surface area contributed by atoms with Crippen LogP contribution in [-0.2, 0) is 4.79 Å². The molecule has 0 saturated carbocycles. The third-order valence-corrected chi connectivity index (χ3v) is 2.60. The molecule has 3 N–H and O–H groups in total. The first-order chi connectivity index (χ1) is 7.97. The van der Waals surface area contributed by atoms with E-state index in [4.69, 9.17) is 16.7 Å². The molecule has 1 aromatic carbocycles. The molecule has 0 bridgehead atoms. The SMILES string of the molecule is O=Cc1c(Cl)cccc1C(O)C(O)CC(=O)O. The van der Waals surface area contributed by atoms with Gasteiger partial charge in [-0.2, -0.15) is 0 Å². The molecule has 0 aliphatic carbocycles. The third kappa shape index (κ3) is 3.26. The van der Waals surface area contributed by atoms with Gasteiger partial charge in [-0.3, -0.25) is 9.59 Å². The molecule has 1 rings (SSSR count). The molecule has 92 valence electrons. The van der Waals surface area contributed by atoms with Crippen LogP contribution in [0.5, 0.6) is 0 Å². The lowest BCUT2D eigenvalue weighted by Gasteiger charge is -2.18. The lowest BCUT2D eigenvalue weighted by Crippen LogP contribution is -2.22. The van der Waals surface area contributed by atoms with Gasteiger partial charge in [0.05, 0.1) is 17.5 Å². The quantitative estimate of drug-likeness (QED) is 0.686. The number of carbonyl (C=O) groups excluding carboxylic acids is 1. The van der Waals surface area contributed by atoms with Crippen LogP contribution in [-0.4, -0.2) is 33.7 Å². The molecule has 0 spiro atoms. The van der Waals surface area contributed by atoms with E-state index >= 15 is 0 Å². The number of carboxylic acids is 1. The number of aliphatic hydroxyl groups excluding tert-OH is 2. The Kier molecular flexibility index (Phi) is 4.62. The maximum Gasteiger partial charge on any atom is 0.306 e. The molecular weight excluding hydrogens is 248 g/mol. The van der Waals surface area contributed by atoms with Crippen LogP contribution < -0.4 is 0 Å². The van der Waals surface area contributed by atoms with Gasteiger partial charge in [0.1, 0.15) is 6.10 Å². The van der Waals surface area contributed by atoms with Crippen molar-refractivity contribution in [1.82, 2.24) is 0 Å². The molecule has 0 radical (unpaired) electrons. The molecule has 0 fully saturated rings. The Morgan fingerprint density at radius 2 is 2.06 bits per heavy atom. The van der Waals surface area contributed by atoms with Crippen molar-refractivity contribution in [1.29, 1.82) is 0 Å². The number of halogens is 1. The van der Waals surface area contributed by atoms with E-state index in [9.17, 15) is 19.8 Å². The van der Waals surface area contributed by atoms with E-state index < -0.39 is 24.6 Å². The Morgan fingerprint density at radius 3 is 2.59 bits per heavy atom. The van der Waals surface area contributed by atoms with Crippen LogP contribution in [0, 0.1) is 0 Å². The number of rotatable bonds is 5. The van der Waals surface area contributed by atoms with Crippen molar-refractivity contribution in [2.45, 2.75) is 18.6 Å². The van der Waals surface area contributed by atoms with Crippen LogP contribution in [0.2, 0.25) is 5.02 Å². The minimum Gasteiger partial charge on any atom is -0.481 e. The van der Waals surface area contributed by atoms with Gasteiger partial charge < -0.3 is 15.3 Å². The van der Waals surface area contributed by atoms with Crippen molar-refractivity contribution in [3.8, 4) is 0 Å². The molecular formula is C11H11ClO5. The maximum atomic E-state index is 10.8. The topological polar surface area (TPSA) is 94.8 Å². The summed E-state index contributed by atoms with van der Waals surface area (Å²) in [6.45, 7) is 0. The second-order valence-electron chi connectivity index (χ2n) is 3.47. The molecule has 6 heteroatoms. The van der Waals surface area contributed by atoms with E-state index in [2.05, 4.69) is 0 Å². The van der Waals surface area contributed by atoms with Gasteiger partial charge in [0.15, 0.2) is 6.29 Å². The summed E-state index contributed by atoms with van der Waals surface area (Å²) in [6.07, 6.45) is -3.13. The van der Waals surface area contributed by atoms with Gasteiger partial charge in [-0.25, -0.2) is 0 Å². The van der Waals surface area contributed by atoms with Gasteiger partial charge in [-0.05, 0) is 11.6 Å². The van der Waals surface area contributed by atoms with Gasteiger partial charge >= 0.3 is 5.97 Å². The van der Waals surface area contributed by atoms with Gasteiger partial charge in [0.2, 0.25) is 0 Å². The van der Waals surface area contributed by atoms with Crippen molar-refractivity contribution in [3.63, 3.8) is 0 Å². The summed E-state index contributed by atoms with van der Waals surface area (Å²) in [5.74, 6) is -1.24. The summed E-state index contributed by atoms with van der Waals surface area (Å²) in [7, 11) is 0. The molecule has 2 atom stereocenters. The summed E-state index contributed by atoms with van der Waals surface area (Å²) >= 11 is 5.74. The number of aliphatic carboxylic acids is 1. The molecule has 5 nitrogen and oxygen atoms in total. The number of hydrogen-bond acceptors (Lipinski definition) is 4. The number of carboxylic acid groups (broad SMARTS) is 1. The number of hydrogen-bond donors (Lipinski definition) is 3. The second-order valence-corrected chi connectivity index (χ2v) is 3.88. The summed E-state index contributed by atoms with van der Waals surface area (Å²) in [6, 6.07) is 4.37. The third-order valence-electron chi connectivity index (χ3n) is 2.27. The van der Waals surface area contributed by atoms with Crippen molar-refractivity contribution in [2.75, 3.05) is 0 Å². The highest BCUT2D eigenvalue weighted by molar-refractivity contribution is 6.33. The molecule has 0 aliphatic rings. The molecule has 0 saturated heterocycles. The minimum atomic E-state index is -1.50. The van der Waals surface area contributed by atoms with Gasteiger partial charge in [-0.1, -0.05) is 23.7 Å². The van der Waals surface area contributed by atoms with E-state index in [1.54, 1.807) is 0 Å². The summed E-state index contributed by atoms with van der Waals surface area (Å²) in [5, 5.41) is 27.8. The van der Waals surface area contributed by atoms with Crippen molar-refractivity contribution >= 4 is 23.9 Å². The fourth-order valence-corrected chi connectivity index (χ4v) is 1.66. The van der Waals surface area contributed by atoms with Crippen molar-refractivity contribution in [2.24, 2.45) is 0 Å². The van der Waals surface area contributed by atoms with Crippen LogP contribution in [0.15, 0.2) is 18.2 Å². The predicted octanol–water partition coefficient (Wildman–Crippen LogP) is 1.02. The van der Waals surface area contributed by atoms with Crippen LogP contribution in [0.3, 0.4) is 0 Å². The second kappa shape index (κ2) is 5.77. The number of benzene rings is 1. The molecule has 0 aromatic heterocycles. The zero-order valence-electron chi connectivity index (χ0n) is 8.71. The molecule has 1 aromatic rings. The zero-order chi connectivity index (χ0) is 13.0. The largest absolute Gasteiger partial charge is 0.481 e. The Labute approximate surface area is 102 Å². The van der Waals surface area contributed by atoms with Crippen LogP contribution >= 0.6 is 11.6 Å². The standard InChI is InChI=1S/C11H11ClO5/c12-8-3-1-2-6(7(8)5-13)11(17)9(14)4-10(15)16/h1-3,5,9,11,14,17H,4H2,(H,15,16). The molecule has 2 unspecified atom stereocenters. The van der Waals surface area contributed by atoms with E-state index in [1.165, 1.54) is 18.2 Å². The maximum absolute atomic E-state index is 10.8. The number of aldehydes is 1. The molecule has 0 heterocycles.